The van der Waals surface area contributed by atoms with Crippen LogP contribution in [0, 0.1) is 0 Å². The molecule has 1 aliphatic rings. The van der Waals surface area contributed by atoms with Crippen LogP contribution in [0.3, 0.4) is 0 Å². The molecule has 2 aromatic carbocycles. The molecule has 0 unspecified atom stereocenters. The molecule has 136 valence electrons. The molecule has 6 nitrogen and oxygen atoms in total. The fourth-order valence-electron chi connectivity index (χ4n) is 2.86. The molecule has 1 aliphatic heterocycles. The van der Waals surface area contributed by atoms with Gasteiger partial charge < -0.3 is 24.7 Å². The van der Waals surface area contributed by atoms with E-state index in [0.717, 1.165) is 5.56 Å². The van der Waals surface area contributed by atoms with Crippen molar-refractivity contribution in [3.8, 4) is 23.0 Å². The van der Waals surface area contributed by atoms with Crippen LogP contribution in [0.5, 0.6) is 23.0 Å². The van der Waals surface area contributed by atoms with Gasteiger partial charge in [-0.15, -0.1) is 0 Å². The van der Waals surface area contributed by atoms with Gasteiger partial charge in [0.1, 0.15) is 5.75 Å². The average Bonchev–Trinajstić information content (AvgIpc) is 3.13. The van der Waals surface area contributed by atoms with Crippen molar-refractivity contribution in [2.45, 2.75) is 13.3 Å². The van der Waals surface area contributed by atoms with E-state index in [0.29, 0.717) is 46.2 Å². The van der Waals surface area contributed by atoms with Crippen molar-refractivity contribution in [2.75, 3.05) is 26.7 Å². The van der Waals surface area contributed by atoms with Crippen molar-refractivity contribution in [3.05, 3.63) is 47.0 Å². The summed E-state index contributed by atoms with van der Waals surface area (Å²) in [7, 11) is 3.10. The summed E-state index contributed by atoms with van der Waals surface area (Å²) >= 11 is 0. The van der Waals surface area contributed by atoms with E-state index in [1.54, 1.807) is 31.4 Å². The Labute approximate surface area is 152 Å². The van der Waals surface area contributed by atoms with Gasteiger partial charge in [-0.2, -0.15) is 0 Å². The lowest BCUT2D eigenvalue weighted by Gasteiger charge is -2.11. The first-order valence-electron chi connectivity index (χ1n) is 8.24. The number of anilines is 1. The number of ether oxygens (including phenoxy) is 4. The Bertz CT molecular complexity index is 873. The molecule has 26 heavy (non-hydrogen) atoms. The fraction of sp³-hybridized carbons (Fsp3) is 0.250. The molecule has 0 amide bonds. The normalized spacial score (nSPS) is 12.8. The summed E-state index contributed by atoms with van der Waals surface area (Å²) in [5.41, 5.74) is 8.24. The number of rotatable bonds is 6. The number of benzene rings is 2. The van der Waals surface area contributed by atoms with Gasteiger partial charge in [0, 0.05) is 16.7 Å². The summed E-state index contributed by atoms with van der Waals surface area (Å²) in [6, 6.07) is 8.67. The maximum absolute atomic E-state index is 12.9. The molecule has 2 N–H and O–H groups in total. The minimum atomic E-state index is -0.0958. The van der Waals surface area contributed by atoms with E-state index in [1.807, 2.05) is 19.1 Å². The number of fused-ring (bicyclic) bond motifs is 1. The summed E-state index contributed by atoms with van der Waals surface area (Å²) in [5, 5.41) is 0. The average molecular weight is 355 g/mol. The maximum atomic E-state index is 12.9. The molecule has 2 aromatic rings. The van der Waals surface area contributed by atoms with Crippen LogP contribution in [0.4, 0.5) is 5.69 Å². The third kappa shape index (κ3) is 3.18. The first kappa shape index (κ1) is 17.7. The Morgan fingerprint density at radius 2 is 2.00 bits per heavy atom. The number of methoxy groups -OCH3 is 2. The highest BCUT2D eigenvalue weighted by Gasteiger charge is 2.22. The minimum absolute atomic E-state index is 0.0958. The van der Waals surface area contributed by atoms with E-state index in [9.17, 15) is 4.79 Å². The molecular weight excluding hydrogens is 334 g/mol. The van der Waals surface area contributed by atoms with E-state index in [4.69, 9.17) is 24.7 Å². The van der Waals surface area contributed by atoms with Gasteiger partial charge in [-0.05, 0) is 42.8 Å². The summed E-state index contributed by atoms with van der Waals surface area (Å²) in [4.78, 5) is 12.9. The van der Waals surface area contributed by atoms with E-state index in [1.165, 1.54) is 7.11 Å². The lowest BCUT2D eigenvalue weighted by atomic mass is 9.98. The highest BCUT2D eigenvalue weighted by molar-refractivity contribution is 6.12. The highest BCUT2D eigenvalue weighted by atomic mass is 16.7. The molecule has 1 heterocycles. The molecule has 0 spiro atoms. The van der Waals surface area contributed by atoms with Gasteiger partial charge in [-0.1, -0.05) is 6.92 Å². The van der Waals surface area contributed by atoms with Crippen LogP contribution in [0.25, 0.3) is 6.08 Å². The third-order valence-corrected chi connectivity index (χ3v) is 4.22. The Morgan fingerprint density at radius 3 is 2.65 bits per heavy atom. The number of carbonyl (C=O) groups excluding carboxylic acids is 1. The van der Waals surface area contributed by atoms with Crippen LogP contribution in [0.1, 0.15) is 29.3 Å². The van der Waals surface area contributed by atoms with Gasteiger partial charge in [0.05, 0.1) is 19.9 Å². The van der Waals surface area contributed by atoms with Crippen LogP contribution < -0.4 is 24.7 Å². The number of carbonyl (C=O) groups is 1. The van der Waals surface area contributed by atoms with E-state index >= 15 is 0 Å². The van der Waals surface area contributed by atoms with Crippen molar-refractivity contribution in [1.29, 1.82) is 0 Å². The standard InChI is InChI=1S/C20H21NO5/c1-4-12(18(22)13-5-7-16(23-2)15(21)10-13)9-14-6-8-17-20(19(14)24-3)26-11-25-17/h5-10H,4,11,21H2,1-3H3/b12-9+. The van der Waals surface area contributed by atoms with Crippen molar-refractivity contribution in [2.24, 2.45) is 0 Å². The molecule has 6 heteroatoms. The van der Waals surface area contributed by atoms with Gasteiger partial charge in [0.15, 0.2) is 17.3 Å². The zero-order valence-corrected chi connectivity index (χ0v) is 15.0. The molecule has 0 aliphatic carbocycles. The number of ketones is 1. The number of allylic oxidation sites excluding steroid dienone is 1. The van der Waals surface area contributed by atoms with Gasteiger partial charge in [0.2, 0.25) is 12.5 Å². The second-order valence-electron chi connectivity index (χ2n) is 5.73. The predicted molar refractivity (Wildman–Crippen MR) is 99.1 cm³/mol. The zero-order chi connectivity index (χ0) is 18.7. The van der Waals surface area contributed by atoms with Gasteiger partial charge in [-0.3, -0.25) is 4.79 Å². The Kier molecular flexibility index (Phi) is 5.02. The van der Waals surface area contributed by atoms with Crippen LogP contribution in [0.2, 0.25) is 0 Å². The lowest BCUT2D eigenvalue weighted by molar-refractivity contribution is 0.103. The summed E-state index contributed by atoms with van der Waals surface area (Å²) in [5.74, 6) is 2.18. The number of hydrogen-bond donors (Lipinski definition) is 1. The maximum Gasteiger partial charge on any atom is 0.231 e. The van der Waals surface area contributed by atoms with Crippen LogP contribution in [-0.4, -0.2) is 26.8 Å². The molecule has 3 rings (SSSR count). The van der Waals surface area contributed by atoms with E-state index in [2.05, 4.69) is 0 Å². The van der Waals surface area contributed by atoms with Gasteiger partial charge >= 0.3 is 0 Å². The number of Topliss-reactive ketones (excluding diaryl/α,β-unsaturated/α-hetero) is 1. The molecule has 0 radical (unpaired) electrons. The minimum Gasteiger partial charge on any atom is -0.495 e. The summed E-state index contributed by atoms with van der Waals surface area (Å²) in [6.07, 6.45) is 2.37. The van der Waals surface area contributed by atoms with Gasteiger partial charge in [0.25, 0.3) is 0 Å². The molecule has 0 saturated carbocycles. The smallest absolute Gasteiger partial charge is 0.231 e. The Balaban J connectivity index is 1.98. The van der Waals surface area contributed by atoms with Crippen molar-refractivity contribution < 1.29 is 23.7 Å². The molecular formula is C20H21NO5. The number of hydrogen-bond acceptors (Lipinski definition) is 6. The fourth-order valence-corrected chi connectivity index (χ4v) is 2.86. The second-order valence-corrected chi connectivity index (χ2v) is 5.73. The molecule has 0 aromatic heterocycles. The first-order valence-corrected chi connectivity index (χ1v) is 8.24. The summed E-state index contributed by atoms with van der Waals surface area (Å²) < 4.78 is 21.4. The Hall–Kier alpha value is -3.15. The number of nitrogens with two attached hydrogens (primary N) is 1. The van der Waals surface area contributed by atoms with Crippen molar-refractivity contribution in [3.63, 3.8) is 0 Å². The lowest BCUT2D eigenvalue weighted by Crippen LogP contribution is -2.05. The monoisotopic (exact) mass is 355 g/mol. The first-order chi connectivity index (χ1) is 12.6. The van der Waals surface area contributed by atoms with Crippen LogP contribution >= 0.6 is 0 Å². The Morgan fingerprint density at radius 1 is 1.19 bits per heavy atom. The van der Waals surface area contributed by atoms with Crippen LogP contribution in [0.15, 0.2) is 35.9 Å². The van der Waals surface area contributed by atoms with Crippen LogP contribution in [-0.2, 0) is 0 Å². The molecule has 0 saturated heterocycles. The predicted octanol–water partition coefficient (Wildman–Crippen LogP) is 3.69. The number of nitrogen functional groups attached to an aromatic ring is 1. The quantitative estimate of drug-likeness (QED) is 0.484. The summed E-state index contributed by atoms with van der Waals surface area (Å²) in [6.45, 7) is 2.08. The third-order valence-electron chi connectivity index (χ3n) is 4.22. The molecule has 0 atom stereocenters. The molecule has 0 fully saturated rings. The topological polar surface area (TPSA) is 80.0 Å². The van der Waals surface area contributed by atoms with Crippen molar-refractivity contribution >= 4 is 17.5 Å². The van der Waals surface area contributed by atoms with E-state index in [-0.39, 0.29) is 12.6 Å². The zero-order valence-electron chi connectivity index (χ0n) is 15.0. The van der Waals surface area contributed by atoms with Gasteiger partial charge in [-0.25, -0.2) is 0 Å². The molecule has 0 bridgehead atoms. The van der Waals surface area contributed by atoms with Crippen molar-refractivity contribution in [1.82, 2.24) is 0 Å². The van der Waals surface area contributed by atoms with E-state index < -0.39 is 0 Å². The highest BCUT2D eigenvalue weighted by Crippen LogP contribution is 2.44. The second kappa shape index (κ2) is 7.39. The largest absolute Gasteiger partial charge is 0.495 e. The SMILES string of the molecule is CC/C(=C\c1ccc2c(c1OC)OCO2)C(=O)c1ccc(OC)c(N)c1.